The molecule has 4 bridgehead atoms. The quantitative estimate of drug-likeness (QED) is 0.621. The highest BCUT2D eigenvalue weighted by atomic mass is 32.2. The zero-order valence-corrected chi connectivity index (χ0v) is 17.6. The molecule has 0 unspecified atom stereocenters. The maximum absolute atomic E-state index is 13.3. The van der Waals surface area contributed by atoms with E-state index in [0.717, 1.165) is 46.9 Å². The second-order valence-electron chi connectivity index (χ2n) is 8.83. The second kappa shape index (κ2) is 7.35. The third-order valence-corrected chi connectivity index (χ3v) is 9.08. The minimum absolute atomic E-state index is 0.0246. The highest BCUT2D eigenvalue weighted by Crippen LogP contribution is 2.58. The molecule has 0 saturated heterocycles. The zero-order valence-electron chi connectivity index (χ0n) is 16.0. The standard InChI is InChI=1S/C22H25N3OS2/c23-6-3-7-25(22-11-15-8-16(12-22)10-17(9-15)13-22)20(26)14-27-21-24-18-4-1-2-5-19(18)28-21/h1-2,4-5,15-17H,3,7-14H2. The molecular formula is C22H25N3OS2. The van der Waals surface area contributed by atoms with Gasteiger partial charge in [-0.3, -0.25) is 4.79 Å². The molecule has 4 fully saturated rings. The summed E-state index contributed by atoms with van der Waals surface area (Å²) in [5.41, 5.74) is 1.03. The third-order valence-electron chi connectivity index (χ3n) is 6.92. The fourth-order valence-corrected chi connectivity index (χ4v) is 8.24. The van der Waals surface area contributed by atoms with Gasteiger partial charge in [0.05, 0.1) is 28.5 Å². The number of hydrogen-bond acceptors (Lipinski definition) is 5. The van der Waals surface area contributed by atoms with E-state index in [4.69, 9.17) is 5.26 Å². The van der Waals surface area contributed by atoms with E-state index in [1.807, 2.05) is 18.2 Å². The van der Waals surface area contributed by atoms with Crippen LogP contribution in [-0.2, 0) is 4.79 Å². The molecule has 28 heavy (non-hydrogen) atoms. The van der Waals surface area contributed by atoms with Crippen LogP contribution in [0.3, 0.4) is 0 Å². The molecule has 1 amide bonds. The van der Waals surface area contributed by atoms with Crippen LogP contribution in [-0.4, -0.2) is 33.6 Å². The summed E-state index contributed by atoms with van der Waals surface area (Å²) in [6, 6.07) is 10.4. The van der Waals surface area contributed by atoms with Gasteiger partial charge in [-0.05, 0) is 68.4 Å². The van der Waals surface area contributed by atoms with Gasteiger partial charge in [0.15, 0.2) is 4.34 Å². The second-order valence-corrected chi connectivity index (χ2v) is 11.1. The minimum atomic E-state index is 0.0246. The molecule has 6 heteroatoms. The molecule has 4 aliphatic rings. The Morgan fingerprint density at radius 3 is 2.54 bits per heavy atom. The Labute approximate surface area is 174 Å². The van der Waals surface area contributed by atoms with Gasteiger partial charge in [0, 0.05) is 12.1 Å². The van der Waals surface area contributed by atoms with E-state index < -0.39 is 0 Å². The topological polar surface area (TPSA) is 57.0 Å². The molecular weight excluding hydrogens is 386 g/mol. The number of thiazole rings is 1. The first-order valence-electron chi connectivity index (χ1n) is 10.3. The SMILES string of the molecule is N#CCCN(C(=O)CSc1nc2ccccc2s1)C12CC3CC(CC(C3)C1)C2. The lowest BCUT2D eigenvalue weighted by Gasteiger charge is -2.60. The van der Waals surface area contributed by atoms with Crippen LogP contribution < -0.4 is 0 Å². The molecule has 4 saturated carbocycles. The summed E-state index contributed by atoms with van der Waals surface area (Å²) >= 11 is 3.21. The number of hydrogen-bond donors (Lipinski definition) is 0. The Morgan fingerprint density at radius 2 is 1.89 bits per heavy atom. The van der Waals surface area contributed by atoms with Gasteiger partial charge in [0.25, 0.3) is 0 Å². The summed E-state index contributed by atoms with van der Waals surface area (Å²) in [7, 11) is 0. The summed E-state index contributed by atoms with van der Waals surface area (Å²) in [5, 5.41) is 9.17. The number of carbonyl (C=O) groups is 1. The lowest BCUT2D eigenvalue weighted by atomic mass is 9.52. The number of benzene rings is 1. The molecule has 0 atom stereocenters. The average Bonchev–Trinajstić information content (AvgIpc) is 3.08. The summed E-state index contributed by atoms with van der Waals surface area (Å²) in [4.78, 5) is 20.1. The van der Waals surface area contributed by atoms with E-state index in [-0.39, 0.29) is 11.4 Å². The van der Waals surface area contributed by atoms with Gasteiger partial charge < -0.3 is 4.90 Å². The fraction of sp³-hybridized carbons (Fsp3) is 0.591. The van der Waals surface area contributed by atoms with E-state index in [1.165, 1.54) is 24.0 Å². The van der Waals surface area contributed by atoms with Gasteiger partial charge in [-0.15, -0.1) is 11.3 Å². The number of aromatic nitrogens is 1. The number of amides is 1. The van der Waals surface area contributed by atoms with Gasteiger partial charge in [0.1, 0.15) is 0 Å². The van der Waals surface area contributed by atoms with Gasteiger partial charge in [-0.25, -0.2) is 4.98 Å². The fourth-order valence-electron chi connectivity index (χ4n) is 6.30. The minimum Gasteiger partial charge on any atom is -0.335 e. The number of fused-ring (bicyclic) bond motifs is 1. The Balaban J connectivity index is 1.33. The van der Waals surface area contributed by atoms with Crippen LogP contribution in [0.2, 0.25) is 0 Å². The van der Waals surface area contributed by atoms with Crippen molar-refractivity contribution in [1.29, 1.82) is 5.26 Å². The average molecular weight is 412 g/mol. The number of rotatable bonds is 6. The molecule has 1 aromatic heterocycles. The van der Waals surface area contributed by atoms with Crippen LogP contribution in [0.4, 0.5) is 0 Å². The van der Waals surface area contributed by atoms with Crippen molar-refractivity contribution in [3.8, 4) is 6.07 Å². The van der Waals surface area contributed by atoms with E-state index in [2.05, 4.69) is 22.0 Å². The van der Waals surface area contributed by atoms with E-state index in [9.17, 15) is 4.79 Å². The monoisotopic (exact) mass is 411 g/mol. The first-order chi connectivity index (χ1) is 13.6. The number of para-hydroxylation sites is 1. The summed E-state index contributed by atoms with van der Waals surface area (Å²) in [5.74, 6) is 3.00. The van der Waals surface area contributed by atoms with Gasteiger partial charge >= 0.3 is 0 Å². The van der Waals surface area contributed by atoms with Crippen molar-refractivity contribution in [2.24, 2.45) is 17.8 Å². The molecule has 2 aromatic rings. The molecule has 0 spiro atoms. The van der Waals surface area contributed by atoms with Crippen LogP contribution in [0.1, 0.15) is 44.9 Å². The molecule has 146 valence electrons. The first-order valence-corrected chi connectivity index (χ1v) is 12.1. The molecule has 6 rings (SSSR count). The molecule has 4 nitrogen and oxygen atoms in total. The molecule has 0 aliphatic heterocycles. The van der Waals surface area contributed by atoms with Crippen molar-refractivity contribution >= 4 is 39.2 Å². The number of nitriles is 1. The summed E-state index contributed by atoms with van der Waals surface area (Å²) < 4.78 is 2.13. The van der Waals surface area contributed by atoms with Crippen molar-refractivity contribution in [3.63, 3.8) is 0 Å². The molecule has 4 aliphatic carbocycles. The maximum atomic E-state index is 13.3. The highest BCUT2D eigenvalue weighted by Gasteiger charge is 2.54. The number of nitrogens with zero attached hydrogens (tertiary/aromatic N) is 3. The number of thioether (sulfide) groups is 1. The Morgan fingerprint density at radius 1 is 1.21 bits per heavy atom. The van der Waals surface area contributed by atoms with E-state index >= 15 is 0 Å². The van der Waals surface area contributed by atoms with Gasteiger partial charge in [-0.2, -0.15) is 5.26 Å². The molecule has 1 heterocycles. The van der Waals surface area contributed by atoms with Crippen molar-refractivity contribution in [1.82, 2.24) is 9.88 Å². The van der Waals surface area contributed by atoms with E-state index in [1.54, 1.807) is 23.1 Å². The zero-order chi connectivity index (χ0) is 19.1. The van der Waals surface area contributed by atoms with Crippen LogP contribution in [0.5, 0.6) is 0 Å². The Hall–Kier alpha value is -1.58. The number of carbonyl (C=O) groups excluding carboxylic acids is 1. The Bertz CT molecular complexity index is 863. The predicted molar refractivity (Wildman–Crippen MR) is 113 cm³/mol. The third kappa shape index (κ3) is 3.33. The van der Waals surface area contributed by atoms with Crippen molar-refractivity contribution < 1.29 is 4.79 Å². The van der Waals surface area contributed by atoms with Crippen molar-refractivity contribution in [3.05, 3.63) is 24.3 Å². The summed E-state index contributed by atoms with van der Waals surface area (Å²) in [6.07, 6.45) is 7.98. The van der Waals surface area contributed by atoms with E-state index in [0.29, 0.717) is 18.7 Å². The predicted octanol–water partition coefficient (Wildman–Crippen LogP) is 5.10. The Kier molecular flexibility index (Phi) is 4.84. The normalized spacial score (nSPS) is 30.5. The van der Waals surface area contributed by atoms with Crippen molar-refractivity contribution in [2.45, 2.75) is 54.8 Å². The lowest BCUT2D eigenvalue weighted by Crippen LogP contribution is -2.62. The highest BCUT2D eigenvalue weighted by molar-refractivity contribution is 8.01. The van der Waals surface area contributed by atoms with Crippen molar-refractivity contribution in [2.75, 3.05) is 12.3 Å². The smallest absolute Gasteiger partial charge is 0.233 e. The van der Waals surface area contributed by atoms with Gasteiger partial charge in [0.2, 0.25) is 5.91 Å². The van der Waals surface area contributed by atoms with Gasteiger partial charge in [-0.1, -0.05) is 23.9 Å². The molecule has 0 radical (unpaired) electrons. The lowest BCUT2D eigenvalue weighted by molar-refractivity contribution is -0.147. The molecule has 1 aromatic carbocycles. The maximum Gasteiger partial charge on any atom is 0.233 e. The van der Waals surface area contributed by atoms with Crippen LogP contribution in [0, 0.1) is 29.1 Å². The van der Waals surface area contributed by atoms with Crippen LogP contribution in [0.15, 0.2) is 28.6 Å². The first kappa shape index (κ1) is 18.4. The van der Waals surface area contributed by atoms with Crippen LogP contribution in [0.25, 0.3) is 10.2 Å². The van der Waals surface area contributed by atoms with Crippen LogP contribution >= 0.6 is 23.1 Å². The molecule has 0 N–H and O–H groups in total. The largest absolute Gasteiger partial charge is 0.335 e. The summed E-state index contributed by atoms with van der Waals surface area (Å²) in [6.45, 7) is 0.585.